The summed E-state index contributed by atoms with van der Waals surface area (Å²) in [6, 6.07) is 8.61. The SMILES string of the molecule is N[C@@H]1C(=O)N2C(C(=O)O)=C(C=C3CN(c4ccccc4)C3=O)CS[C@H]12.O=C(O)C(F)(F)F. The zero-order chi connectivity index (χ0) is 23.8. The lowest BCUT2D eigenvalue weighted by atomic mass is 9.99. The fourth-order valence-corrected chi connectivity index (χ4v) is 4.43. The monoisotopic (exact) mass is 471 g/mol. The number of nitrogens with two attached hydrogens (primary N) is 1. The number of β-lactam (4-membered cyclic amide) rings is 2. The van der Waals surface area contributed by atoms with Gasteiger partial charge in [-0.2, -0.15) is 13.2 Å². The first kappa shape index (κ1) is 23.3. The van der Waals surface area contributed by atoms with Crippen molar-refractivity contribution < 1.29 is 42.6 Å². The van der Waals surface area contributed by atoms with Crippen LogP contribution in [0.2, 0.25) is 0 Å². The summed E-state index contributed by atoms with van der Waals surface area (Å²) >= 11 is 1.42. The lowest BCUT2D eigenvalue weighted by molar-refractivity contribution is -0.192. The third-order valence-electron chi connectivity index (χ3n) is 4.75. The molecule has 0 radical (unpaired) electrons. The van der Waals surface area contributed by atoms with Crippen molar-refractivity contribution in [1.82, 2.24) is 4.90 Å². The van der Waals surface area contributed by atoms with E-state index in [0.717, 1.165) is 5.69 Å². The topological polar surface area (TPSA) is 141 Å². The molecule has 2 atom stereocenters. The smallest absolute Gasteiger partial charge is 0.477 e. The van der Waals surface area contributed by atoms with Gasteiger partial charge in [0.15, 0.2) is 0 Å². The van der Waals surface area contributed by atoms with Gasteiger partial charge in [-0.25, -0.2) is 9.59 Å². The van der Waals surface area contributed by atoms with E-state index < -0.39 is 30.1 Å². The molecule has 32 heavy (non-hydrogen) atoms. The number of carbonyl (C=O) groups excluding carboxylic acids is 2. The highest BCUT2D eigenvalue weighted by Crippen LogP contribution is 2.40. The normalized spacial score (nSPS) is 23.7. The Kier molecular flexibility index (Phi) is 6.32. The quantitative estimate of drug-likeness (QED) is 0.441. The van der Waals surface area contributed by atoms with Gasteiger partial charge in [0.05, 0.1) is 6.54 Å². The molecule has 170 valence electrons. The molecule has 4 N–H and O–H groups in total. The number of amides is 2. The molecule has 0 spiro atoms. The predicted octanol–water partition coefficient (Wildman–Crippen LogP) is 1.17. The zero-order valence-electron chi connectivity index (χ0n) is 16.1. The van der Waals surface area contributed by atoms with Crippen LogP contribution >= 0.6 is 11.8 Å². The Balaban J connectivity index is 0.000000360. The highest BCUT2D eigenvalue weighted by atomic mass is 32.2. The van der Waals surface area contributed by atoms with Crippen LogP contribution in [-0.4, -0.2) is 68.8 Å². The Morgan fingerprint density at radius 3 is 2.25 bits per heavy atom. The summed E-state index contributed by atoms with van der Waals surface area (Å²) in [5.41, 5.74) is 7.48. The second kappa shape index (κ2) is 8.67. The molecular weight excluding hydrogens is 455 g/mol. The van der Waals surface area contributed by atoms with Crippen LogP contribution in [0, 0.1) is 0 Å². The van der Waals surface area contributed by atoms with Crippen LogP contribution in [0.25, 0.3) is 0 Å². The van der Waals surface area contributed by atoms with Crippen molar-refractivity contribution >= 4 is 41.2 Å². The molecule has 1 aromatic rings. The molecule has 2 amide bonds. The Labute approximate surface area is 182 Å². The van der Waals surface area contributed by atoms with Gasteiger partial charge < -0.3 is 20.8 Å². The number of allylic oxidation sites excluding steroid dienone is 1. The highest BCUT2D eigenvalue weighted by Gasteiger charge is 2.51. The maximum atomic E-state index is 12.4. The summed E-state index contributed by atoms with van der Waals surface area (Å²) in [7, 11) is 0. The molecule has 9 nitrogen and oxygen atoms in total. The van der Waals surface area contributed by atoms with Crippen molar-refractivity contribution in [1.29, 1.82) is 0 Å². The molecule has 3 aliphatic heterocycles. The third kappa shape index (κ3) is 4.34. The van der Waals surface area contributed by atoms with E-state index >= 15 is 0 Å². The first-order chi connectivity index (χ1) is 14.9. The van der Waals surface area contributed by atoms with Gasteiger partial charge in [0.1, 0.15) is 17.1 Å². The number of nitrogens with zero attached hydrogens (tertiary/aromatic N) is 2. The number of alkyl halides is 3. The van der Waals surface area contributed by atoms with Crippen LogP contribution in [0.3, 0.4) is 0 Å². The second-order valence-electron chi connectivity index (χ2n) is 6.81. The number of fused-ring (bicyclic) bond motifs is 1. The molecule has 2 saturated heterocycles. The molecule has 0 bridgehead atoms. The number of hydrogen-bond acceptors (Lipinski definition) is 6. The minimum absolute atomic E-state index is 0.0612. The van der Waals surface area contributed by atoms with Gasteiger partial charge in [0, 0.05) is 17.0 Å². The number of aliphatic carboxylic acids is 2. The lowest BCUT2D eigenvalue weighted by Gasteiger charge is -2.47. The number of thioether (sulfide) groups is 1. The molecule has 0 saturated carbocycles. The number of carboxylic acids is 2. The molecule has 1 aromatic carbocycles. The summed E-state index contributed by atoms with van der Waals surface area (Å²) < 4.78 is 31.7. The molecule has 4 rings (SSSR count). The highest BCUT2D eigenvalue weighted by molar-refractivity contribution is 8.00. The lowest BCUT2D eigenvalue weighted by Crippen LogP contribution is -2.68. The van der Waals surface area contributed by atoms with Crippen molar-refractivity contribution in [3.8, 4) is 0 Å². The van der Waals surface area contributed by atoms with Crippen LogP contribution < -0.4 is 10.6 Å². The standard InChI is InChI=1S/C17H15N3O4S.C2HF3O2/c18-12-15(22)20-13(17(23)24)10(8-25-16(12)20)6-9-7-19(14(9)21)11-4-2-1-3-5-11;3-2(4,5)1(6)7/h1-6,12,16H,7-8,18H2,(H,23,24);(H,6,7)/t12-,16-;/m1./s1. The van der Waals surface area contributed by atoms with E-state index in [0.29, 0.717) is 23.4 Å². The molecule has 3 heterocycles. The Morgan fingerprint density at radius 1 is 1.16 bits per heavy atom. The van der Waals surface area contributed by atoms with Crippen LogP contribution in [-0.2, 0) is 19.2 Å². The first-order valence-corrected chi connectivity index (χ1v) is 10.0. The maximum Gasteiger partial charge on any atom is 0.490 e. The van der Waals surface area contributed by atoms with Crippen LogP contribution in [0.4, 0.5) is 18.9 Å². The summed E-state index contributed by atoms with van der Waals surface area (Å²) in [6.07, 6.45) is -3.48. The van der Waals surface area contributed by atoms with Gasteiger partial charge in [0.2, 0.25) is 5.91 Å². The summed E-state index contributed by atoms with van der Waals surface area (Å²) in [5, 5.41) is 16.3. The molecule has 0 aliphatic carbocycles. The van der Waals surface area contributed by atoms with E-state index in [-0.39, 0.29) is 17.0 Å². The van der Waals surface area contributed by atoms with Gasteiger partial charge in [-0.05, 0) is 23.8 Å². The van der Waals surface area contributed by atoms with Crippen molar-refractivity contribution in [2.75, 3.05) is 17.2 Å². The number of carbonyl (C=O) groups is 4. The number of benzene rings is 1. The molecule has 0 aromatic heterocycles. The van der Waals surface area contributed by atoms with Crippen molar-refractivity contribution in [3.05, 3.63) is 53.3 Å². The van der Waals surface area contributed by atoms with Gasteiger partial charge in [-0.3, -0.25) is 14.5 Å². The minimum atomic E-state index is -5.08. The molecule has 3 aliphatic rings. The number of carboxylic acid groups (broad SMARTS) is 2. The van der Waals surface area contributed by atoms with Crippen LogP contribution in [0.1, 0.15) is 0 Å². The summed E-state index contributed by atoms with van der Waals surface area (Å²) in [4.78, 5) is 47.7. The predicted molar refractivity (Wildman–Crippen MR) is 106 cm³/mol. The largest absolute Gasteiger partial charge is 0.490 e. The van der Waals surface area contributed by atoms with Gasteiger partial charge in [0.25, 0.3) is 5.91 Å². The van der Waals surface area contributed by atoms with Crippen molar-refractivity contribution in [2.24, 2.45) is 5.73 Å². The van der Waals surface area contributed by atoms with E-state index in [4.69, 9.17) is 15.6 Å². The third-order valence-corrected chi connectivity index (χ3v) is 6.07. The van der Waals surface area contributed by atoms with Crippen LogP contribution in [0.5, 0.6) is 0 Å². The van der Waals surface area contributed by atoms with Crippen LogP contribution in [0.15, 0.2) is 53.3 Å². The van der Waals surface area contributed by atoms with Crippen molar-refractivity contribution in [2.45, 2.75) is 17.6 Å². The summed E-state index contributed by atoms with van der Waals surface area (Å²) in [5.74, 6) is -4.07. The van der Waals surface area contributed by atoms with Gasteiger partial charge >= 0.3 is 18.1 Å². The average molecular weight is 471 g/mol. The fraction of sp³-hybridized carbons (Fsp3) is 0.263. The van der Waals surface area contributed by atoms with E-state index in [1.54, 1.807) is 11.0 Å². The molecule has 2 fully saturated rings. The maximum absolute atomic E-state index is 12.4. The zero-order valence-corrected chi connectivity index (χ0v) is 16.9. The summed E-state index contributed by atoms with van der Waals surface area (Å²) in [6.45, 7) is 0.417. The number of para-hydroxylation sites is 1. The Bertz CT molecular complexity index is 1040. The first-order valence-electron chi connectivity index (χ1n) is 8.97. The van der Waals surface area contributed by atoms with E-state index in [9.17, 15) is 32.7 Å². The second-order valence-corrected chi connectivity index (χ2v) is 7.92. The Morgan fingerprint density at radius 2 is 1.75 bits per heavy atom. The fourth-order valence-electron chi connectivity index (χ4n) is 3.18. The van der Waals surface area contributed by atoms with E-state index in [2.05, 4.69) is 0 Å². The molecule has 0 unspecified atom stereocenters. The Hall–Kier alpha value is -3.32. The molecular formula is C19H16F3N3O6S. The number of halogens is 3. The van der Waals surface area contributed by atoms with E-state index in [1.165, 1.54) is 16.7 Å². The van der Waals surface area contributed by atoms with E-state index in [1.807, 2.05) is 30.3 Å². The number of hydrogen-bond donors (Lipinski definition) is 3. The van der Waals surface area contributed by atoms with Crippen molar-refractivity contribution in [3.63, 3.8) is 0 Å². The average Bonchev–Trinajstić information content (AvgIpc) is 2.75. The van der Waals surface area contributed by atoms with Gasteiger partial charge in [-0.15, -0.1) is 11.8 Å². The van der Waals surface area contributed by atoms with Gasteiger partial charge in [-0.1, -0.05) is 18.2 Å². The number of anilines is 1. The molecule has 13 heteroatoms. The number of rotatable bonds is 3. The minimum Gasteiger partial charge on any atom is -0.477 e.